The zero-order valence-corrected chi connectivity index (χ0v) is 18.4. The standard InChI is InChI=1S/C24H16Cl2F3NO2/c1-13-22(23(26)18-11-19(25)21(31-2)12-20(18)30-13)15-8-6-14(7-9-15)16-4-3-5-17(10-16)32-24(27,28)29/h3-12H,1-2H3. The first-order valence-corrected chi connectivity index (χ1v) is 10.2. The van der Waals surface area contributed by atoms with Crippen molar-refractivity contribution in [3.05, 3.63) is 76.4 Å². The van der Waals surface area contributed by atoms with E-state index >= 15 is 0 Å². The third-order valence-corrected chi connectivity index (χ3v) is 5.64. The van der Waals surface area contributed by atoms with Gasteiger partial charge >= 0.3 is 6.36 Å². The lowest BCUT2D eigenvalue weighted by Crippen LogP contribution is -2.17. The molecule has 8 heteroatoms. The van der Waals surface area contributed by atoms with E-state index in [1.807, 2.05) is 31.2 Å². The summed E-state index contributed by atoms with van der Waals surface area (Å²) in [4.78, 5) is 4.64. The van der Waals surface area contributed by atoms with Crippen LogP contribution in [0.3, 0.4) is 0 Å². The Kier molecular flexibility index (Phi) is 5.93. The highest BCUT2D eigenvalue weighted by atomic mass is 35.5. The molecule has 0 bridgehead atoms. The maximum atomic E-state index is 12.5. The van der Waals surface area contributed by atoms with Crippen molar-refractivity contribution in [1.82, 2.24) is 4.98 Å². The average molecular weight is 478 g/mol. The van der Waals surface area contributed by atoms with Gasteiger partial charge in [0.25, 0.3) is 0 Å². The number of rotatable bonds is 4. The summed E-state index contributed by atoms with van der Waals surface area (Å²) in [5, 5.41) is 1.62. The van der Waals surface area contributed by atoms with Gasteiger partial charge in [-0.1, -0.05) is 59.6 Å². The molecular weight excluding hydrogens is 462 g/mol. The van der Waals surface area contributed by atoms with Gasteiger partial charge in [-0.3, -0.25) is 4.98 Å². The number of hydrogen-bond donors (Lipinski definition) is 0. The van der Waals surface area contributed by atoms with E-state index in [1.54, 1.807) is 18.2 Å². The number of fused-ring (bicyclic) bond motifs is 1. The van der Waals surface area contributed by atoms with Crippen molar-refractivity contribution in [3.8, 4) is 33.8 Å². The maximum absolute atomic E-state index is 12.5. The SMILES string of the molecule is COc1cc2nc(C)c(-c3ccc(-c4cccc(OC(F)(F)F)c4)cc3)c(Cl)c2cc1Cl. The van der Waals surface area contributed by atoms with Crippen molar-refractivity contribution in [2.24, 2.45) is 0 Å². The third-order valence-electron chi connectivity index (χ3n) is 4.95. The van der Waals surface area contributed by atoms with Crippen LogP contribution in [0.5, 0.6) is 11.5 Å². The van der Waals surface area contributed by atoms with E-state index in [0.29, 0.717) is 32.3 Å². The lowest BCUT2D eigenvalue weighted by Gasteiger charge is -2.14. The zero-order valence-electron chi connectivity index (χ0n) is 16.9. The molecule has 0 saturated carbocycles. The maximum Gasteiger partial charge on any atom is 0.573 e. The molecule has 1 heterocycles. The quantitative estimate of drug-likeness (QED) is 0.297. The summed E-state index contributed by atoms with van der Waals surface area (Å²) in [5.74, 6) is 0.236. The van der Waals surface area contributed by atoms with Gasteiger partial charge < -0.3 is 9.47 Å². The molecule has 164 valence electrons. The van der Waals surface area contributed by atoms with Crippen molar-refractivity contribution >= 4 is 34.1 Å². The highest BCUT2D eigenvalue weighted by Gasteiger charge is 2.31. The van der Waals surface area contributed by atoms with Gasteiger partial charge in [-0.2, -0.15) is 0 Å². The van der Waals surface area contributed by atoms with Gasteiger partial charge in [0.1, 0.15) is 11.5 Å². The molecule has 0 aliphatic rings. The van der Waals surface area contributed by atoms with Crippen LogP contribution in [0.15, 0.2) is 60.7 Å². The number of pyridine rings is 1. The molecule has 0 atom stereocenters. The molecule has 0 saturated heterocycles. The highest BCUT2D eigenvalue weighted by molar-refractivity contribution is 6.39. The normalized spacial score (nSPS) is 11.6. The smallest absolute Gasteiger partial charge is 0.495 e. The number of halogens is 5. The van der Waals surface area contributed by atoms with Gasteiger partial charge in [0.15, 0.2) is 0 Å². The number of ether oxygens (including phenoxy) is 2. The number of nitrogens with zero attached hydrogens (tertiary/aromatic N) is 1. The fraction of sp³-hybridized carbons (Fsp3) is 0.125. The number of aromatic nitrogens is 1. The van der Waals surface area contributed by atoms with E-state index in [9.17, 15) is 13.2 Å². The average Bonchev–Trinajstić information content (AvgIpc) is 2.73. The lowest BCUT2D eigenvalue weighted by atomic mass is 9.98. The number of methoxy groups -OCH3 is 1. The molecule has 0 amide bonds. The van der Waals surface area contributed by atoms with E-state index in [4.69, 9.17) is 27.9 Å². The largest absolute Gasteiger partial charge is 0.573 e. The van der Waals surface area contributed by atoms with Crippen LogP contribution in [-0.4, -0.2) is 18.5 Å². The van der Waals surface area contributed by atoms with Crippen molar-refractivity contribution in [2.45, 2.75) is 13.3 Å². The fourth-order valence-electron chi connectivity index (χ4n) is 3.54. The van der Waals surface area contributed by atoms with E-state index in [-0.39, 0.29) is 5.75 Å². The van der Waals surface area contributed by atoms with Crippen molar-refractivity contribution < 1.29 is 22.6 Å². The van der Waals surface area contributed by atoms with Crippen LogP contribution in [0.2, 0.25) is 10.0 Å². The Morgan fingerprint density at radius 3 is 2.22 bits per heavy atom. The predicted octanol–water partition coefficient (Wildman–Crippen LogP) is 8.09. The first-order chi connectivity index (χ1) is 15.2. The number of hydrogen-bond acceptors (Lipinski definition) is 3. The van der Waals surface area contributed by atoms with Gasteiger partial charge in [-0.05, 0) is 41.8 Å². The van der Waals surface area contributed by atoms with Crippen LogP contribution in [0.4, 0.5) is 13.2 Å². The van der Waals surface area contributed by atoms with Gasteiger partial charge in [0.2, 0.25) is 0 Å². The van der Waals surface area contributed by atoms with Gasteiger partial charge in [0, 0.05) is 22.7 Å². The van der Waals surface area contributed by atoms with Gasteiger partial charge in [0.05, 0.1) is 22.7 Å². The lowest BCUT2D eigenvalue weighted by molar-refractivity contribution is -0.274. The van der Waals surface area contributed by atoms with Crippen LogP contribution in [0.25, 0.3) is 33.2 Å². The molecule has 0 N–H and O–H groups in total. The second-order valence-electron chi connectivity index (χ2n) is 7.04. The molecule has 0 unspecified atom stereocenters. The minimum Gasteiger partial charge on any atom is -0.495 e. The summed E-state index contributed by atoms with van der Waals surface area (Å²) < 4.78 is 46.8. The molecule has 1 aromatic heterocycles. The summed E-state index contributed by atoms with van der Waals surface area (Å²) in [6, 6.07) is 16.6. The second kappa shape index (κ2) is 8.52. The Hall–Kier alpha value is -2.96. The summed E-state index contributed by atoms with van der Waals surface area (Å²) >= 11 is 13.0. The molecule has 4 aromatic rings. The van der Waals surface area contributed by atoms with E-state index in [0.717, 1.165) is 22.4 Å². The summed E-state index contributed by atoms with van der Waals surface area (Å²) in [5.41, 5.74) is 4.28. The van der Waals surface area contributed by atoms with Gasteiger partial charge in [-0.15, -0.1) is 13.2 Å². The fourth-order valence-corrected chi connectivity index (χ4v) is 4.17. The van der Waals surface area contributed by atoms with Crippen molar-refractivity contribution in [3.63, 3.8) is 0 Å². The number of aryl methyl sites for hydroxylation is 1. The topological polar surface area (TPSA) is 31.4 Å². The highest BCUT2D eigenvalue weighted by Crippen LogP contribution is 2.40. The first kappa shape index (κ1) is 22.2. The second-order valence-corrected chi connectivity index (χ2v) is 7.83. The summed E-state index contributed by atoms with van der Waals surface area (Å²) in [6.07, 6.45) is -4.74. The zero-order chi connectivity index (χ0) is 23.0. The molecule has 0 aliphatic heterocycles. The van der Waals surface area contributed by atoms with Crippen LogP contribution in [0, 0.1) is 6.92 Å². The number of benzene rings is 3. The summed E-state index contributed by atoms with van der Waals surface area (Å²) in [6.45, 7) is 1.85. The van der Waals surface area contributed by atoms with Crippen LogP contribution >= 0.6 is 23.2 Å². The Bertz CT molecular complexity index is 1310. The molecule has 3 aromatic carbocycles. The molecule has 3 nitrogen and oxygen atoms in total. The van der Waals surface area contributed by atoms with Crippen molar-refractivity contribution in [2.75, 3.05) is 7.11 Å². The van der Waals surface area contributed by atoms with E-state index in [1.165, 1.54) is 25.3 Å². The van der Waals surface area contributed by atoms with E-state index in [2.05, 4.69) is 9.72 Å². The third kappa shape index (κ3) is 4.47. The minimum absolute atomic E-state index is 0.274. The Morgan fingerprint density at radius 1 is 0.875 bits per heavy atom. The Balaban J connectivity index is 1.73. The van der Waals surface area contributed by atoms with Crippen LogP contribution in [-0.2, 0) is 0 Å². The van der Waals surface area contributed by atoms with Crippen molar-refractivity contribution in [1.29, 1.82) is 0 Å². The monoisotopic (exact) mass is 477 g/mol. The molecule has 0 fully saturated rings. The Morgan fingerprint density at radius 2 is 1.56 bits per heavy atom. The number of alkyl halides is 3. The van der Waals surface area contributed by atoms with Crippen LogP contribution in [0.1, 0.15) is 5.69 Å². The van der Waals surface area contributed by atoms with Gasteiger partial charge in [-0.25, -0.2) is 0 Å². The molecule has 0 spiro atoms. The Labute approximate surface area is 192 Å². The molecule has 32 heavy (non-hydrogen) atoms. The minimum atomic E-state index is -4.74. The summed E-state index contributed by atoms with van der Waals surface area (Å²) in [7, 11) is 1.53. The van der Waals surface area contributed by atoms with E-state index < -0.39 is 6.36 Å². The molecular formula is C24H16Cl2F3NO2. The van der Waals surface area contributed by atoms with Crippen LogP contribution < -0.4 is 9.47 Å². The first-order valence-electron chi connectivity index (χ1n) is 9.46. The molecule has 0 aliphatic carbocycles. The molecule has 0 radical (unpaired) electrons. The predicted molar refractivity (Wildman–Crippen MR) is 121 cm³/mol. The molecule has 4 rings (SSSR count).